The van der Waals surface area contributed by atoms with Gasteiger partial charge in [-0.3, -0.25) is 9.72 Å². The standard InChI is InChI=1S/C15H14ClN5O2/c1-2-23-11-7-4-3-6-10(11)17-15(22)18-14-20-19-13-9-5-8-12(16)21(13)14/h3-9H,2H2,1H3,(H2,17,18,20,22). The van der Waals surface area contributed by atoms with Crippen molar-refractivity contribution in [3.8, 4) is 5.75 Å². The first-order valence-electron chi connectivity index (χ1n) is 6.98. The molecule has 0 aliphatic carbocycles. The highest BCUT2D eigenvalue weighted by Gasteiger charge is 2.12. The van der Waals surface area contributed by atoms with Crippen LogP contribution >= 0.6 is 11.6 Å². The van der Waals surface area contributed by atoms with E-state index in [1.54, 1.807) is 30.3 Å². The molecule has 7 nitrogen and oxygen atoms in total. The highest BCUT2D eigenvalue weighted by Crippen LogP contribution is 2.24. The number of carbonyl (C=O) groups excluding carboxylic acids is 1. The van der Waals surface area contributed by atoms with E-state index in [2.05, 4.69) is 20.8 Å². The van der Waals surface area contributed by atoms with Gasteiger partial charge in [-0.25, -0.2) is 4.79 Å². The summed E-state index contributed by atoms with van der Waals surface area (Å²) in [6.07, 6.45) is 0. The summed E-state index contributed by atoms with van der Waals surface area (Å²) in [6.45, 7) is 2.38. The lowest BCUT2D eigenvalue weighted by atomic mass is 10.3. The molecule has 118 valence electrons. The third-order valence-corrected chi connectivity index (χ3v) is 3.34. The minimum atomic E-state index is -0.466. The molecule has 0 radical (unpaired) electrons. The van der Waals surface area contributed by atoms with Gasteiger partial charge in [-0.1, -0.05) is 29.8 Å². The molecular formula is C15H14ClN5O2. The number of benzene rings is 1. The van der Waals surface area contributed by atoms with E-state index < -0.39 is 6.03 Å². The molecule has 0 aliphatic heterocycles. The first kappa shape index (κ1) is 15.1. The number of anilines is 2. The van der Waals surface area contributed by atoms with Crippen LogP contribution in [0.2, 0.25) is 5.15 Å². The van der Waals surface area contributed by atoms with Crippen LogP contribution in [0.1, 0.15) is 6.92 Å². The SMILES string of the molecule is CCOc1ccccc1NC(=O)Nc1nnc2cccc(Cl)n12. The summed E-state index contributed by atoms with van der Waals surface area (Å²) in [5.41, 5.74) is 1.11. The molecule has 0 unspecified atom stereocenters. The van der Waals surface area contributed by atoms with Crippen LogP contribution in [0.4, 0.5) is 16.4 Å². The minimum Gasteiger partial charge on any atom is -0.492 e. The zero-order chi connectivity index (χ0) is 16.2. The van der Waals surface area contributed by atoms with Gasteiger partial charge in [0.15, 0.2) is 5.65 Å². The van der Waals surface area contributed by atoms with Gasteiger partial charge in [0.05, 0.1) is 12.3 Å². The van der Waals surface area contributed by atoms with E-state index >= 15 is 0 Å². The fourth-order valence-corrected chi connectivity index (χ4v) is 2.33. The first-order chi connectivity index (χ1) is 11.2. The van der Waals surface area contributed by atoms with Crippen molar-refractivity contribution >= 4 is 34.9 Å². The van der Waals surface area contributed by atoms with Gasteiger partial charge >= 0.3 is 6.03 Å². The molecule has 2 heterocycles. The van der Waals surface area contributed by atoms with Crippen molar-refractivity contribution in [1.82, 2.24) is 14.6 Å². The summed E-state index contributed by atoms with van der Waals surface area (Å²) in [5, 5.41) is 13.6. The Morgan fingerprint density at radius 2 is 2.00 bits per heavy atom. The van der Waals surface area contributed by atoms with E-state index in [1.165, 1.54) is 4.40 Å². The highest BCUT2D eigenvalue weighted by atomic mass is 35.5. The van der Waals surface area contributed by atoms with Gasteiger partial charge in [0.25, 0.3) is 0 Å². The van der Waals surface area contributed by atoms with Crippen molar-refractivity contribution in [2.45, 2.75) is 6.92 Å². The number of para-hydroxylation sites is 2. The zero-order valence-corrected chi connectivity index (χ0v) is 13.0. The number of aromatic nitrogens is 3. The summed E-state index contributed by atoms with van der Waals surface area (Å²) in [5.74, 6) is 0.825. The van der Waals surface area contributed by atoms with Crippen LogP contribution in [0.5, 0.6) is 5.75 Å². The molecule has 8 heteroatoms. The van der Waals surface area contributed by atoms with Crippen LogP contribution < -0.4 is 15.4 Å². The van der Waals surface area contributed by atoms with Gasteiger partial charge in [0, 0.05) is 0 Å². The van der Waals surface area contributed by atoms with Crippen LogP contribution in [0.15, 0.2) is 42.5 Å². The maximum absolute atomic E-state index is 12.2. The lowest BCUT2D eigenvalue weighted by Gasteiger charge is -2.11. The van der Waals surface area contributed by atoms with Gasteiger partial charge in [-0.05, 0) is 31.2 Å². The molecule has 0 spiro atoms. The van der Waals surface area contributed by atoms with Gasteiger partial charge in [0.2, 0.25) is 5.95 Å². The van der Waals surface area contributed by atoms with Gasteiger partial charge < -0.3 is 10.1 Å². The molecule has 0 saturated carbocycles. The first-order valence-corrected chi connectivity index (χ1v) is 7.36. The molecule has 2 amide bonds. The zero-order valence-electron chi connectivity index (χ0n) is 12.3. The molecule has 0 saturated heterocycles. The maximum atomic E-state index is 12.2. The molecule has 0 fully saturated rings. The van der Waals surface area contributed by atoms with Crippen molar-refractivity contribution in [2.24, 2.45) is 0 Å². The Hall–Kier alpha value is -2.80. The van der Waals surface area contributed by atoms with Crippen LogP contribution in [-0.4, -0.2) is 27.2 Å². The monoisotopic (exact) mass is 331 g/mol. The third-order valence-electron chi connectivity index (χ3n) is 3.04. The molecule has 1 aromatic carbocycles. The van der Waals surface area contributed by atoms with Crippen LogP contribution in [0.3, 0.4) is 0 Å². The number of nitrogens with one attached hydrogen (secondary N) is 2. The lowest BCUT2D eigenvalue weighted by Crippen LogP contribution is -2.21. The number of rotatable bonds is 4. The number of ether oxygens (including phenoxy) is 1. The molecule has 23 heavy (non-hydrogen) atoms. The number of urea groups is 1. The fraction of sp³-hybridized carbons (Fsp3) is 0.133. The van der Waals surface area contributed by atoms with E-state index in [1.807, 2.05) is 19.1 Å². The lowest BCUT2D eigenvalue weighted by molar-refractivity contribution is 0.261. The van der Waals surface area contributed by atoms with Crippen LogP contribution in [0.25, 0.3) is 5.65 Å². The van der Waals surface area contributed by atoms with Crippen molar-refractivity contribution < 1.29 is 9.53 Å². The fourth-order valence-electron chi connectivity index (χ4n) is 2.09. The second-order valence-electron chi connectivity index (χ2n) is 4.57. The number of pyridine rings is 1. The summed E-state index contributed by atoms with van der Waals surface area (Å²) < 4.78 is 7.00. The van der Waals surface area contributed by atoms with Gasteiger partial charge in [0.1, 0.15) is 10.9 Å². The number of nitrogens with zero attached hydrogens (tertiary/aromatic N) is 3. The van der Waals surface area contributed by atoms with E-state index in [0.29, 0.717) is 28.8 Å². The predicted octanol–water partition coefficient (Wildman–Crippen LogP) is 3.43. The summed E-state index contributed by atoms with van der Waals surface area (Å²) in [4.78, 5) is 12.2. The Balaban J connectivity index is 1.79. The van der Waals surface area contributed by atoms with Gasteiger partial charge in [-0.2, -0.15) is 0 Å². The number of fused-ring (bicyclic) bond motifs is 1. The minimum absolute atomic E-state index is 0.233. The van der Waals surface area contributed by atoms with Gasteiger partial charge in [-0.15, -0.1) is 10.2 Å². The second-order valence-corrected chi connectivity index (χ2v) is 4.96. The van der Waals surface area contributed by atoms with Crippen molar-refractivity contribution in [3.63, 3.8) is 0 Å². The topological polar surface area (TPSA) is 80.5 Å². The Bertz CT molecular complexity index is 849. The summed E-state index contributed by atoms with van der Waals surface area (Å²) in [7, 11) is 0. The Morgan fingerprint density at radius 1 is 1.17 bits per heavy atom. The third kappa shape index (κ3) is 3.19. The molecule has 0 bridgehead atoms. The largest absolute Gasteiger partial charge is 0.492 e. The molecule has 2 N–H and O–H groups in total. The van der Waals surface area contributed by atoms with Crippen molar-refractivity contribution in [1.29, 1.82) is 0 Å². The number of carbonyl (C=O) groups is 1. The second kappa shape index (κ2) is 6.53. The molecule has 0 atom stereocenters. The Kier molecular flexibility index (Phi) is 4.29. The average molecular weight is 332 g/mol. The quantitative estimate of drug-likeness (QED) is 0.718. The number of hydrogen-bond donors (Lipinski definition) is 2. The summed E-state index contributed by atoms with van der Waals surface area (Å²) in [6, 6.07) is 11.9. The molecule has 2 aromatic heterocycles. The summed E-state index contributed by atoms with van der Waals surface area (Å²) >= 11 is 6.10. The average Bonchev–Trinajstić information content (AvgIpc) is 2.94. The van der Waals surface area contributed by atoms with Crippen LogP contribution in [0, 0.1) is 0 Å². The number of hydrogen-bond acceptors (Lipinski definition) is 4. The van der Waals surface area contributed by atoms with Crippen molar-refractivity contribution in [2.75, 3.05) is 17.2 Å². The number of halogens is 1. The molecular weight excluding hydrogens is 318 g/mol. The van der Waals surface area contributed by atoms with E-state index in [9.17, 15) is 4.79 Å². The molecule has 3 aromatic rings. The normalized spacial score (nSPS) is 10.5. The smallest absolute Gasteiger partial charge is 0.326 e. The highest BCUT2D eigenvalue weighted by molar-refractivity contribution is 6.30. The molecule has 3 rings (SSSR count). The van der Waals surface area contributed by atoms with E-state index in [-0.39, 0.29) is 5.95 Å². The van der Waals surface area contributed by atoms with Crippen LogP contribution in [-0.2, 0) is 0 Å². The molecule has 0 aliphatic rings. The number of amides is 2. The van der Waals surface area contributed by atoms with Crippen molar-refractivity contribution in [3.05, 3.63) is 47.6 Å². The van der Waals surface area contributed by atoms with E-state index in [4.69, 9.17) is 16.3 Å². The predicted molar refractivity (Wildman–Crippen MR) is 88.2 cm³/mol. The Labute approximate surface area is 137 Å². The maximum Gasteiger partial charge on any atom is 0.326 e. The van der Waals surface area contributed by atoms with E-state index in [0.717, 1.165) is 0 Å². The Morgan fingerprint density at radius 3 is 2.83 bits per heavy atom.